The van der Waals surface area contributed by atoms with Crippen LogP contribution in [0, 0.1) is 0 Å². The summed E-state index contributed by atoms with van der Waals surface area (Å²) in [4.78, 5) is 24.7. The highest BCUT2D eigenvalue weighted by Crippen LogP contribution is 2.29. The number of carboxylic acids is 1. The Hall–Kier alpha value is -0.910. The first-order valence-corrected chi connectivity index (χ1v) is 7.26. The Morgan fingerprint density at radius 2 is 2.17 bits per heavy atom. The number of nitrogens with zero attached hydrogens (tertiary/aromatic N) is 1. The second-order valence-electron chi connectivity index (χ2n) is 5.16. The SMILES string of the molecule is CCC[C@@H](NC(=O)N1CCSC(C)(C)C1)C(=O)O. The topological polar surface area (TPSA) is 69.6 Å². The Kier molecular flexibility index (Phi) is 5.31. The fourth-order valence-corrected chi connectivity index (χ4v) is 3.09. The lowest BCUT2D eigenvalue weighted by Crippen LogP contribution is -2.53. The third-order valence-electron chi connectivity index (χ3n) is 2.89. The molecule has 104 valence electrons. The molecule has 0 aromatic rings. The lowest BCUT2D eigenvalue weighted by Gasteiger charge is -2.37. The lowest BCUT2D eigenvalue weighted by molar-refractivity contribution is -0.139. The standard InChI is InChI=1S/C12H22N2O3S/c1-4-5-9(10(15)16)13-11(17)14-6-7-18-12(2,3)8-14/h9H,4-8H2,1-3H3,(H,13,17)(H,15,16)/t9-/m1/s1. The van der Waals surface area contributed by atoms with E-state index in [-0.39, 0.29) is 10.8 Å². The van der Waals surface area contributed by atoms with Crippen LogP contribution in [0.15, 0.2) is 0 Å². The van der Waals surface area contributed by atoms with Crippen LogP contribution >= 0.6 is 11.8 Å². The minimum absolute atomic E-state index is 0.0407. The number of urea groups is 1. The number of rotatable bonds is 4. The number of carboxylic acid groups (broad SMARTS) is 1. The number of carbonyl (C=O) groups is 2. The van der Waals surface area contributed by atoms with Gasteiger partial charge in [-0.2, -0.15) is 11.8 Å². The van der Waals surface area contributed by atoms with E-state index in [2.05, 4.69) is 19.2 Å². The van der Waals surface area contributed by atoms with E-state index >= 15 is 0 Å². The lowest BCUT2D eigenvalue weighted by atomic mass is 10.1. The van der Waals surface area contributed by atoms with Crippen LogP contribution in [-0.4, -0.2) is 51.6 Å². The highest BCUT2D eigenvalue weighted by Gasteiger charge is 2.31. The monoisotopic (exact) mass is 274 g/mol. The molecule has 0 aromatic carbocycles. The van der Waals surface area contributed by atoms with Gasteiger partial charge in [-0.05, 0) is 20.3 Å². The summed E-state index contributed by atoms with van der Waals surface area (Å²) in [5, 5.41) is 11.6. The molecule has 18 heavy (non-hydrogen) atoms. The van der Waals surface area contributed by atoms with Gasteiger partial charge in [0.1, 0.15) is 6.04 Å². The summed E-state index contributed by atoms with van der Waals surface area (Å²) < 4.78 is 0.0407. The summed E-state index contributed by atoms with van der Waals surface area (Å²) >= 11 is 1.84. The maximum absolute atomic E-state index is 12.0. The van der Waals surface area contributed by atoms with Crippen LogP contribution in [0.1, 0.15) is 33.6 Å². The molecule has 0 bridgehead atoms. The van der Waals surface area contributed by atoms with Crippen molar-refractivity contribution < 1.29 is 14.7 Å². The van der Waals surface area contributed by atoms with Crippen molar-refractivity contribution in [2.75, 3.05) is 18.8 Å². The average molecular weight is 274 g/mol. The van der Waals surface area contributed by atoms with Gasteiger partial charge in [-0.1, -0.05) is 13.3 Å². The van der Waals surface area contributed by atoms with Gasteiger partial charge >= 0.3 is 12.0 Å². The Labute approximate surface area is 112 Å². The molecule has 0 spiro atoms. The average Bonchev–Trinajstić information content (AvgIpc) is 2.26. The molecule has 1 aliphatic rings. The fraction of sp³-hybridized carbons (Fsp3) is 0.833. The van der Waals surface area contributed by atoms with Crippen LogP contribution in [0.4, 0.5) is 4.79 Å². The van der Waals surface area contributed by atoms with Crippen molar-refractivity contribution in [3.05, 3.63) is 0 Å². The van der Waals surface area contributed by atoms with E-state index in [9.17, 15) is 9.59 Å². The molecule has 2 amide bonds. The number of thioether (sulfide) groups is 1. The quantitative estimate of drug-likeness (QED) is 0.820. The molecule has 1 fully saturated rings. The molecule has 1 atom stereocenters. The number of hydrogen-bond acceptors (Lipinski definition) is 3. The number of hydrogen-bond donors (Lipinski definition) is 2. The van der Waals surface area contributed by atoms with E-state index in [0.717, 1.165) is 12.2 Å². The molecular formula is C12H22N2O3S. The summed E-state index contributed by atoms with van der Waals surface area (Å²) in [5.74, 6) is -0.0674. The number of aliphatic carboxylic acids is 1. The Bertz CT molecular complexity index is 320. The van der Waals surface area contributed by atoms with Crippen molar-refractivity contribution in [3.8, 4) is 0 Å². The van der Waals surface area contributed by atoms with Crippen LogP contribution in [0.25, 0.3) is 0 Å². The molecule has 1 heterocycles. The van der Waals surface area contributed by atoms with Gasteiger partial charge in [0, 0.05) is 23.6 Å². The Balaban J connectivity index is 2.55. The van der Waals surface area contributed by atoms with Gasteiger partial charge in [0.2, 0.25) is 0 Å². The molecule has 1 rings (SSSR count). The van der Waals surface area contributed by atoms with Gasteiger partial charge in [0.25, 0.3) is 0 Å². The van der Waals surface area contributed by atoms with E-state index in [1.54, 1.807) is 4.90 Å². The highest BCUT2D eigenvalue weighted by atomic mass is 32.2. The third kappa shape index (κ3) is 4.40. The molecule has 0 unspecified atom stereocenters. The first-order valence-electron chi connectivity index (χ1n) is 6.28. The fourth-order valence-electron chi connectivity index (χ4n) is 1.98. The zero-order chi connectivity index (χ0) is 13.8. The zero-order valence-electron chi connectivity index (χ0n) is 11.2. The van der Waals surface area contributed by atoms with E-state index in [4.69, 9.17) is 5.11 Å². The molecule has 0 radical (unpaired) electrons. The van der Waals surface area contributed by atoms with Gasteiger partial charge in [-0.25, -0.2) is 9.59 Å². The van der Waals surface area contributed by atoms with Gasteiger partial charge < -0.3 is 15.3 Å². The van der Waals surface area contributed by atoms with Crippen LogP contribution in [-0.2, 0) is 4.79 Å². The van der Waals surface area contributed by atoms with E-state index < -0.39 is 12.0 Å². The van der Waals surface area contributed by atoms with E-state index in [1.807, 2.05) is 18.7 Å². The van der Waals surface area contributed by atoms with Crippen molar-refractivity contribution in [2.24, 2.45) is 0 Å². The summed E-state index contributed by atoms with van der Waals surface area (Å²) in [6, 6.07) is -1.04. The molecule has 6 heteroatoms. The molecule has 1 saturated heterocycles. The smallest absolute Gasteiger partial charge is 0.326 e. The Morgan fingerprint density at radius 1 is 1.50 bits per heavy atom. The van der Waals surface area contributed by atoms with Gasteiger partial charge in [-0.15, -0.1) is 0 Å². The predicted molar refractivity (Wildman–Crippen MR) is 73.0 cm³/mol. The summed E-state index contributed by atoms with van der Waals surface area (Å²) in [6.07, 6.45) is 1.20. The third-order valence-corrected chi connectivity index (χ3v) is 4.18. The zero-order valence-corrected chi connectivity index (χ0v) is 12.0. The van der Waals surface area contributed by atoms with Crippen molar-refractivity contribution >= 4 is 23.8 Å². The second kappa shape index (κ2) is 6.31. The van der Waals surface area contributed by atoms with E-state index in [1.165, 1.54) is 0 Å². The molecule has 1 aliphatic heterocycles. The highest BCUT2D eigenvalue weighted by molar-refractivity contribution is 8.00. The summed E-state index contributed by atoms with van der Waals surface area (Å²) in [7, 11) is 0. The van der Waals surface area contributed by atoms with Crippen LogP contribution in [0.2, 0.25) is 0 Å². The van der Waals surface area contributed by atoms with Crippen LogP contribution in [0.5, 0.6) is 0 Å². The Morgan fingerprint density at radius 3 is 2.67 bits per heavy atom. The van der Waals surface area contributed by atoms with Gasteiger partial charge in [0.05, 0.1) is 0 Å². The minimum Gasteiger partial charge on any atom is -0.480 e. The molecular weight excluding hydrogens is 252 g/mol. The maximum atomic E-state index is 12.0. The molecule has 0 saturated carbocycles. The van der Waals surface area contributed by atoms with Crippen molar-refractivity contribution in [1.29, 1.82) is 0 Å². The molecule has 0 aliphatic carbocycles. The normalized spacial score (nSPS) is 20.3. The molecule has 5 nitrogen and oxygen atoms in total. The van der Waals surface area contributed by atoms with Crippen molar-refractivity contribution in [2.45, 2.75) is 44.4 Å². The first kappa shape index (κ1) is 15.1. The number of nitrogens with one attached hydrogen (secondary N) is 1. The van der Waals surface area contributed by atoms with Crippen molar-refractivity contribution in [1.82, 2.24) is 10.2 Å². The predicted octanol–water partition coefficient (Wildman–Crippen LogP) is 1.78. The summed E-state index contributed by atoms with van der Waals surface area (Å²) in [5.41, 5.74) is 0. The number of amides is 2. The number of carbonyl (C=O) groups excluding carboxylic acids is 1. The first-order chi connectivity index (χ1) is 8.35. The van der Waals surface area contributed by atoms with Crippen LogP contribution < -0.4 is 5.32 Å². The van der Waals surface area contributed by atoms with E-state index in [0.29, 0.717) is 19.5 Å². The van der Waals surface area contributed by atoms with Crippen LogP contribution in [0.3, 0.4) is 0 Å². The maximum Gasteiger partial charge on any atom is 0.326 e. The minimum atomic E-state index is -0.962. The summed E-state index contributed by atoms with van der Waals surface area (Å²) in [6.45, 7) is 7.43. The van der Waals surface area contributed by atoms with Gasteiger partial charge in [0.15, 0.2) is 0 Å². The van der Waals surface area contributed by atoms with Crippen molar-refractivity contribution in [3.63, 3.8) is 0 Å². The molecule has 0 aromatic heterocycles. The van der Waals surface area contributed by atoms with Gasteiger partial charge in [-0.3, -0.25) is 0 Å². The second-order valence-corrected chi connectivity index (χ2v) is 6.96. The largest absolute Gasteiger partial charge is 0.480 e. The molecule has 2 N–H and O–H groups in total.